The number of amides is 1. The van der Waals surface area contributed by atoms with Crippen LogP contribution in [0.2, 0.25) is 10.0 Å². The number of aromatic nitrogens is 1. The van der Waals surface area contributed by atoms with Crippen LogP contribution in [0.4, 0.5) is 5.69 Å². The molecule has 0 saturated heterocycles. The molecule has 0 bridgehead atoms. The van der Waals surface area contributed by atoms with E-state index in [4.69, 9.17) is 27.6 Å². The van der Waals surface area contributed by atoms with Crippen molar-refractivity contribution >= 4 is 45.9 Å². The lowest BCUT2D eigenvalue weighted by Crippen LogP contribution is -2.12. The van der Waals surface area contributed by atoms with Gasteiger partial charge >= 0.3 is 0 Å². The Morgan fingerprint density at radius 3 is 2.46 bits per heavy atom. The van der Waals surface area contributed by atoms with Gasteiger partial charge in [0.05, 0.1) is 11.3 Å². The monoisotopic (exact) mass is 382 g/mol. The smallest absolute Gasteiger partial charge is 0.255 e. The molecule has 0 spiro atoms. The number of carbonyl (C=O) groups excluding carboxylic acids is 1. The first-order valence-corrected chi connectivity index (χ1v) is 8.58. The predicted octanol–water partition coefficient (Wildman–Crippen LogP) is 6.05. The number of nitrogens with one attached hydrogen (secondary N) is 1. The number of anilines is 1. The third kappa shape index (κ3) is 3.29. The number of hydrogen-bond donors (Lipinski definition) is 1. The van der Waals surface area contributed by atoms with Crippen molar-refractivity contribution in [3.05, 3.63) is 82.3 Å². The SMILES string of the molecule is O=C(Nc1ccccc1-c1nc2cc(Cl)ccc2o1)c1ccc(Cl)cc1. The molecule has 1 N–H and O–H groups in total. The topological polar surface area (TPSA) is 55.1 Å². The maximum absolute atomic E-state index is 12.5. The first kappa shape index (κ1) is 16.6. The number of rotatable bonds is 3. The molecule has 26 heavy (non-hydrogen) atoms. The number of para-hydroxylation sites is 1. The first-order valence-electron chi connectivity index (χ1n) is 7.82. The predicted molar refractivity (Wildman–Crippen MR) is 104 cm³/mol. The standard InChI is InChI=1S/C20H12Cl2N2O2/c21-13-7-5-12(6-8-13)19(25)23-16-4-2-1-3-15(16)20-24-17-11-14(22)9-10-18(17)26-20/h1-11H,(H,23,25). The van der Waals surface area contributed by atoms with Crippen LogP contribution in [0.15, 0.2) is 71.1 Å². The van der Waals surface area contributed by atoms with Gasteiger partial charge in [-0.15, -0.1) is 0 Å². The second-order valence-corrected chi connectivity index (χ2v) is 6.51. The molecule has 128 valence electrons. The summed E-state index contributed by atoms with van der Waals surface area (Å²) in [6, 6.07) is 19.3. The zero-order valence-electron chi connectivity index (χ0n) is 13.4. The van der Waals surface area contributed by atoms with E-state index in [-0.39, 0.29) is 5.91 Å². The lowest BCUT2D eigenvalue weighted by molar-refractivity contribution is 0.102. The summed E-state index contributed by atoms with van der Waals surface area (Å²) >= 11 is 11.9. The van der Waals surface area contributed by atoms with Crippen LogP contribution >= 0.6 is 23.2 Å². The Morgan fingerprint density at radius 2 is 1.65 bits per heavy atom. The Bertz CT molecular complexity index is 1100. The van der Waals surface area contributed by atoms with Crippen molar-refractivity contribution < 1.29 is 9.21 Å². The molecule has 1 heterocycles. The molecule has 4 aromatic rings. The summed E-state index contributed by atoms with van der Waals surface area (Å²) in [6.45, 7) is 0. The van der Waals surface area contributed by atoms with Crippen LogP contribution in [0.1, 0.15) is 10.4 Å². The highest BCUT2D eigenvalue weighted by Gasteiger charge is 2.15. The van der Waals surface area contributed by atoms with Crippen molar-refractivity contribution in [3.63, 3.8) is 0 Å². The first-order chi connectivity index (χ1) is 12.6. The number of carbonyl (C=O) groups is 1. The van der Waals surface area contributed by atoms with Crippen molar-refractivity contribution in [2.24, 2.45) is 0 Å². The number of nitrogens with zero attached hydrogens (tertiary/aromatic N) is 1. The summed E-state index contributed by atoms with van der Waals surface area (Å²) in [4.78, 5) is 17.0. The highest BCUT2D eigenvalue weighted by atomic mass is 35.5. The molecule has 0 aliphatic rings. The summed E-state index contributed by atoms with van der Waals surface area (Å²) < 4.78 is 5.81. The summed E-state index contributed by atoms with van der Waals surface area (Å²) in [6.07, 6.45) is 0. The third-order valence-corrected chi connectivity index (χ3v) is 4.35. The zero-order chi connectivity index (χ0) is 18.1. The van der Waals surface area contributed by atoms with Gasteiger partial charge in [0.2, 0.25) is 5.89 Å². The van der Waals surface area contributed by atoms with Gasteiger partial charge in [-0.3, -0.25) is 4.79 Å². The van der Waals surface area contributed by atoms with Crippen molar-refractivity contribution in [2.45, 2.75) is 0 Å². The fourth-order valence-electron chi connectivity index (χ4n) is 2.59. The highest BCUT2D eigenvalue weighted by molar-refractivity contribution is 6.31. The largest absolute Gasteiger partial charge is 0.436 e. The molecule has 0 radical (unpaired) electrons. The molecule has 0 saturated carbocycles. The van der Waals surface area contributed by atoms with Gasteiger partial charge in [0, 0.05) is 15.6 Å². The molecule has 0 atom stereocenters. The van der Waals surface area contributed by atoms with Crippen LogP contribution in [0.3, 0.4) is 0 Å². The van der Waals surface area contributed by atoms with Crippen LogP contribution in [0, 0.1) is 0 Å². The number of halogens is 2. The Hall–Kier alpha value is -2.82. The van der Waals surface area contributed by atoms with Crippen molar-refractivity contribution in [2.75, 3.05) is 5.32 Å². The Kier molecular flexibility index (Phi) is 4.37. The van der Waals surface area contributed by atoms with Crippen LogP contribution < -0.4 is 5.32 Å². The van der Waals surface area contributed by atoms with Crippen LogP contribution in [-0.2, 0) is 0 Å². The molecule has 0 fully saturated rings. The van der Waals surface area contributed by atoms with E-state index in [2.05, 4.69) is 10.3 Å². The van der Waals surface area contributed by atoms with Crippen LogP contribution in [0.5, 0.6) is 0 Å². The van der Waals surface area contributed by atoms with Gasteiger partial charge in [-0.25, -0.2) is 4.98 Å². The van der Waals surface area contributed by atoms with E-state index in [0.717, 1.165) is 0 Å². The van der Waals surface area contributed by atoms with E-state index >= 15 is 0 Å². The summed E-state index contributed by atoms with van der Waals surface area (Å²) in [5, 5.41) is 4.05. The van der Waals surface area contributed by atoms with E-state index in [0.29, 0.717) is 43.9 Å². The average molecular weight is 383 g/mol. The molecule has 4 rings (SSSR count). The molecule has 0 unspecified atom stereocenters. The van der Waals surface area contributed by atoms with Gasteiger partial charge in [0.15, 0.2) is 5.58 Å². The van der Waals surface area contributed by atoms with Gasteiger partial charge < -0.3 is 9.73 Å². The zero-order valence-corrected chi connectivity index (χ0v) is 14.9. The summed E-state index contributed by atoms with van der Waals surface area (Å²) in [7, 11) is 0. The molecule has 1 aromatic heterocycles. The number of hydrogen-bond acceptors (Lipinski definition) is 3. The van der Waals surface area contributed by atoms with Gasteiger partial charge in [0.1, 0.15) is 5.52 Å². The second kappa shape index (κ2) is 6.83. The maximum atomic E-state index is 12.5. The van der Waals surface area contributed by atoms with Gasteiger partial charge in [-0.2, -0.15) is 0 Å². The fourth-order valence-corrected chi connectivity index (χ4v) is 2.88. The Morgan fingerprint density at radius 1 is 0.923 bits per heavy atom. The number of oxazole rings is 1. The van der Waals surface area contributed by atoms with Crippen molar-refractivity contribution in [3.8, 4) is 11.5 Å². The summed E-state index contributed by atoms with van der Waals surface area (Å²) in [5.41, 5.74) is 3.08. The quantitative estimate of drug-likeness (QED) is 0.468. The molecule has 3 aromatic carbocycles. The third-order valence-electron chi connectivity index (χ3n) is 3.86. The average Bonchev–Trinajstić information content (AvgIpc) is 3.05. The van der Waals surface area contributed by atoms with E-state index < -0.39 is 0 Å². The lowest BCUT2D eigenvalue weighted by Gasteiger charge is -2.09. The van der Waals surface area contributed by atoms with E-state index in [1.807, 2.05) is 18.2 Å². The highest BCUT2D eigenvalue weighted by Crippen LogP contribution is 2.31. The van der Waals surface area contributed by atoms with Crippen molar-refractivity contribution in [1.29, 1.82) is 0 Å². The number of fused-ring (bicyclic) bond motifs is 1. The Balaban J connectivity index is 1.69. The molecule has 4 nitrogen and oxygen atoms in total. The molecular formula is C20H12Cl2N2O2. The van der Waals surface area contributed by atoms with Crippen molar-refractivity contribution in [1.82, 2.24) is 4.98 Å². The van der Waals surface area contributed by atoms with Crippen LogP contribution in [-0.4, -0.2) is 10.9 Å². The number of benzene rings is 3. The van der Waals surface area contributed by atoms with E-state index in [1.54, 1.807) is 48.5 Å². The normalized spacial score (nSPS) is 10.8. The minimum absolute atomic E-state index is 0.242. The molecule has 6 heteroatoms. The van der Waals surface area contributed by atoms with E-state index in [9.17, 15) is 4.79 Å². The molecular weight excluding hydrogens is 371 g/mol. The Labute approximate surface area is 159 Å². The van der Waals surface area contributed by atoms with Gasteiger partial charge in [0.25, 0.3) is 5.91 Å². The van der Waals surface area contributed by atoms with Gasteiger partial charge in [-0.05, 0) is 54.6 Å². The second-order valence-electron chi connectivity index (χ2n) is 5.64. The summed E-state index contributed by atoms with van der Waals surface area (Å²) in [5.74, 6) is 0.169. The fraction of sp³-hybridized carbons (Fsp3) is 0. The molecule has 0 aliphatic heterocycles. The minimum atomic E-state index is -0.242. The van der Waals surface area contributed by atoms with E-state index in [1.165, 1.54) is 0 Å². The van der Waals surface area contributed by atoms with Crippen LogP contribution in [0.25, 0.3) is 22.6 Å². The van der Waals surface area contributed by atoms with Gasteiger partial charge in [-0.1, -0.05) is 35.3 Å². The lowest BCUT2D eigenvalue weighted by atomic mass is 10.1. The molecule has 1 amide bonds. The maximum Gasteiger partial charge on any atom is 0.255 e. The minimum Gasteiger partial charge on any atom is -0.436 e. The molecule has 0 aliphatic carbocycles.